The fraction of sp³-hybridized carbons (Fsp3) is 0.360. The molecular formula is C25H27ClN2O3S. The SMILES string of the molecule is O=C1/C(=C/c2cccc(OCCCCCCOc3ccccc3Cl)c2)N=C2SCCCN12. The zero-order valence-electron chi connectivity index (χ0n) is 18.0. The average Bonchev–Trinajstić information content (AvgIpc) is 3.12. The van der Waals surface area contributed by atoms with Crippen LogP contribution in [0.5, 0.6) is 11.5 Å². The number of nitrogens with zero attached hydrogens (tertiary/aromatic N) is 2. The van der Waals surface area contributed by atoms with Gasteiger partial charge in [-0.3, -0.25) is 9.69 Å². The van der Waals surface area contributed by atoms with Crippen molar-refractivity contribution in [2.75, 3.05) is 25.5 Å². The number of unbranched alkanes of at least 4 members (excludes halogenated alkanes) is 3. The molecule has 0 spiro atoms. The maximum absolute atomic E-state index is 12.5. The van der Waals surface area contributed by atoms with Gasteiger partial charge < -0.3 is 9.47 Å². The van der Waals surface area contributed by atoms with Crippen LogP contribution in [-0.4, -0.2) is 41.5 Å². The van der Waals surface area contributed by atoms with Crippen molar-refractivity contribution in [1.29, 1.82) is 0 Å². The Morgan fingerprint density at radius 1 is 1.03 bits per heavy atom. The highest BCUT2D eigenvalue weighted by Crippen LogP contribution is 2.28. The van der Waals surface area contributed by atoms with Crippen LogP contribution in [-0.2, 0) is 4.79 Å². The molecule has 2 aliphatic rings. The molecular weight excluding hydrogens is 444 g/mol. The standard InChI is InChI=1S/C25H27ClN2O3S/c26-21-11-3-4-12-23(21)31-15-6-2-1-5-14-30-20-10-7-9-19(17-20)18-22-24(29)28-13-8-16-32-25(28)27-22/h3-4,7,9-12,17-18H,1-2,5-6,8,13-16H2/b22-18-. The molecule has 2 aromatic carbocycles. The van der Waals surface area contributed by atoms with Gasteiger partial charge in [0.15, 0.2) is 5.17 Å². The average molecular weight is 471 g/mol. The van der Waals surface area contributed by atoms with Gasteiger partial charge in [0.05, 0.1) is 18.2 Å². The molecule has 0 radical (unpaired) electrons. The molecule has 32 heavy (non-hydrogen) atoms. The molecule has 0 atom stereocenters. The molecule has 0 saturated carbocycles. The Morgan fingerprint density at radius 2 is 1.84 bits per heavy atom. The number of aliphatic imine (C=N–C) groups is 1. The Bertz CT molecular complexity index is 1010. The molecule has 4 rings (SSSR count). The van der Waals surface area contributed by atoms with Crippen LogP contribution in [0.2, 0.25) is 5.02 Å². The van der Waals surface area contributed by atoms with Crippen molar-refractivity contribution in [1.82, 2.24) is 4.90 Å². The van der Waals surface area contributed by atoms with Crippen molar-refractivity contribution in [3.8, 4) is 11.5 Å². The first-order valence-corrected chi connectivity index (χ1v) is 12.4. The Labute approximate surface area is 198 Å². The smallest absolute Gasteiger partial charge is 0.278 e. The number of thioether (sulfide) groups is 1. The number of ether oxygens (including phenoxy) is 2. The summed E-state index contributed by atoms with van der Waals surface area (Å²) in [5, 5.41) is 1.48. The summed E-state index contributed by atoms with van der Waals surface area (Å²) in [4.78, 5) is 18.8. The molecule has 7 heteroatoms. The summed E-state index contributed by atoms with van der Waals surface area (Å²) in [6, 6.07) is 15.4. The molecule has 5 nitrogen and oxygen atoms in total. The summed E-state index contributed by atoms with van der Waals surface area (Å²) in [6.07, 6.45) is 6.99. The summed E-state index contributed by atoms with van der Waals surface area (Å²) in [7, 11) is 0. The Hall–Kier alpha value is -2.44. The van der Waals surface area contributed by atoms with E-state index in [1.807, 2.05) is 54.6 Å². The second-order valence-corrected chi connectivity index (χ2v) is 9.17. The molecule has 2 heterocycles. The minimum Gasteiger partial charge on any atom is -0.494 e. The fourth-order valence-electron chi connectivity index (χ4n) is 3.57. The van der Waals surface area contributed by atoms with Crippen LogP contribution in [0.1, 0.15) is 37.7 Å². The van der Waals surface area contributed by atoms with Crippen molar-refractivity contribution >= 4 is 40.5 Å². The van der Waals surface area contributed by atoms with Gasteiger partial charge in [-0.15, -0.1) is 0 Å². The van der Waals surface area contributed by atoms with Crippen LogP contribution in [0.25, 0.3) is 6.08 Å². The predicted octanol–water partition coefficient (Wildman–Crippen LogP) is 6.03. The molecule has 1 fully saturated rings. The number of benzene rings is 2. The third-order valence-electron chi connectivity index (χ3n) is 5.23. The molecule has 0 unspecified atom stereocenters. The molecule has 168 valence electrons. The van der Waals surface area contributed by atoms with Gasteiger partial charge >= 0.3 is 0 Å². The first-order chi connectivity index (χ1) is 15.7. The minimum absolute atomic E-state index is 0.00274. The van der Waals surface area contributed by atoms with E-state index in [9.17, 15) is 4.79 Å². The van der Waals surface area contributed by atoms with E-state index in [0.717, 1.165) is 66.6 Å². The van der Waals surface area contributed by atoms with Gasteiger partial charge in [-0.25, -0.2) is 4.99 Å². The zero-order valence-corrected chi connectivity index (χ0v) is 19.5. The van der Waals surface area contributed by atoms with Gasteiger partial charge in [0.1, 0.15) is 17.2 Å². The Kier molecular flexibility index (Phi) is 8.13. The number of hydrogen-bond donors (Lipinski definition) is 0. The van der Waals surface area contributed by atoms with E-state index in [-0.39, 0.29) is 5.91 Å². The molecule has 0 bridgehead atoms. The highest BCUT2D eigenvalue weighted by atomic mass is 35.5. The highest BCUT2D eigenvalue weighted by molar-refractivity contribution is 8.13. The second-order valence-electron chi connectivity index (χ2n) is 7.70. The molecule has 1 saturated heterocycles. The van der Waals surface area contributed by atoms with Crippen molar-refractivity contribution in [3.63, 3.8) is 0 Å². The number of carbonyl (C=O) groups is 1. The third kappa shape index (κ3) is 6.08. The number of halogens is 1. The third-order valence-corrected chi connectivity index (χ3v) is 6.61. The second kappa shape index (κ2) is 11.4. The number of amidine groups is 1. The molecule has 2 aromatic rings. The van der Waals surface area contributed by atoms with E-state index in [0.29, 0.717) is 23.9 Å². The number of carbonyl (C=O) groups excluding carboxylic acids is 1. The quantitative estimate of drug-likeness (QED) is 0.314. The van der Waals surface area contributed by atoms with Crippen molar-refractivity contribution in [2.45, 2.75) is 32.1 Å². The molecule has 0 aromatic heterocycles. The van der Waals surface area contributed by atoms with Crippen molar-refractivity contribution in [2.24, 2.45) is 4.99 Å². The number of amides is 1. The summed E-state index contributed by atoms with van der Waals surface area (Å²) >= 11 is 7.74. The van der Waals surface area contributed by atoms with Gasteiger partial charge in [0, 0.05) is 12.3 Å². The summed E-state index contributed by atoms with van der Waals surface area (Å²) in [6.45, 7) is 2.09. The van der Waals surface area contributed by atoms with Gasteiger partial charge in [-0.1, -0.05) is 47.6 Å². The van der Waals surface area contributed by atoms with Crippen LogP contribution >= 0.6 is 23.4 Å². The number of hydrogen-bond acceptors (Lipinski definition) is 5. The van der Waals surface area contributed by atoms with E-state index < -0.39 is 0 Å². The summed E-state index contributed by atoms with van der Waals surface area (Å²) < 4.78 is 11.6. The molecule has 0 aliphatic carbocycles. The maximum atomic E-state index is 12.5. The lowest BCUT2D eigenvalue weighted by molar-refractivity contribution is -0.122. The Morgan fingerprint density at radius 3 is 2.66 bits per heavy atom. The maximum Gasteiger partial charge on any atom is 0.278 e. The van der Waals surface area contributed by atoms with Crippen molar-refractivity contribution in [3.05, 3.63) is 64.8 Å². The van der Waals surface area contributed by atoms with E-state index in [1.54, 1.807) is 16.7 Å². The van der Waals surface area contributed by atoms with E-state index in [4.69, 9.17) is 21.1 Å². The molecule has 1 amide bonds. The van der Waals surface area contributed by atoms with Crippen LogP contribution in [0, 0.1) is 0 Å². The van der Waals surface area contributed by atoms with Gasteiger partial charge in [0.25, 0.3) is 5.91 Å². The first kappa shape index (κ1) is 22.7. The highest BCUT2D eigenvalue weighted by Gasteiger charge is 2.32. The van der Waals surface area contributed by atoms with Crippen LogP contribution in [0.3, 0.4) is 0 Å². The number of fused-ring (bicyclic) bond motifs is 1. The van der Waals surface area contributed by atoms with E-state index in [1.165, 1.54) is 0 Å². The van der Waals surface area contributed by atoms with E-state index >= 15 is 0 Å². The normalized spacial score (nSPS) is 16.8. The van der Waals surface area contributed by atoms with Crippen molar-refractivity contribution < 1.29 is 14.3 Å². The lowest BCUT2D eigenvalue weighted by Crippen LogP contribution is -2.34. The lowest BCUT2D eigenvalue weighted by Gasteiger charge is -2.21. The largest absolute Gasteiger partial charge is 0.494 e. The minimum atomic E-state index is -0.00274. The summed E-state index contributed by atoms with van der Waals surface area (Å²) in [5.41, 5.74) is 1.43. The number of rotatable bonds is 10. The molecule has 0 N–H and O–H groups in total. The number of para-hydroxylation sites is 1. The monoisotopic (exact) mass is 470 g/mol. The van der Waals surface area contributed by atoms with Crippen LogP contribution in [0.15, 0.2) is 59.2 Å². The Balaban J connectivity index is 1.17. The van der Waals surface area contributed by atoms with E-state index in [2.05, 4.69) is 4.99 Å². The van der Waals surface area contributed by atoms with Crippen LogP contribution < -0.4 is 9.47 Å². The summed E-state index contributed by atoms with van der Waals surface area (Å²) in [5.74, 6) is 2.57. The first-order valence-electron chi connectivity index (χ1n) is 11.1. The van der Waals surface area contributed by atoms with Gasteiger partial charge in [-0.2, -0.15) is 0 Å². The lowest BCUT2D eigenvalue weighted by atomic mass is 10.1. The topological polar surface area (TPSA) is 51.1 Å². The van der Waals surface area contributed by atoms with Crippen LogP contribution in [0.4, 0.5) is 0 Å². The molecule has 2 aliphatic heterocycles. The van der Waals surface area contributed by atoms with Gasteiger partial charge in [0.2, 0.25) is 0 Å². The van der Waals surface area contributed by atoms with Gasteiger partial charge in [-0.05, 0) is 68.0 Å². The zero-order chi connectivity index (χ0) is 22.2. The fourth-order valence-corrected chi connectivity index (χ4v) is 4.71. The predicted molar refractivity (Wildman–Crippen MR) is 132 cm³/mol.